The number of nitrogens with one attached hydrogen (secondary N) is 1. The summed E-state index contributed by atoms with van der Waals surface area (Å²) in [7, 11) is 0. The zero-order valence-corrected chi connectivity index (χ0v) is 9.85. The Labute approximate surface area is 102 Å². The number of carbonyl (C=O) groups is 1. The number of rotatable bonds is 5. The molecule has 0 aliphatic rings. The summed E-state index contributed by atoms with van der Waals surface area (Å²) in [4.78, 5) is 15.5. The maximum absolute atomic E-state index is 11.5. The van der Waals surface area contributed by atoms with E-state index in [1.165, 1.54) is 11.3 Å². The first kappa shape index (κ1) is 11.5. The second-order valence-corrected chi connectivity index (χ2v) is 4.26. The highest BCUT2D eigenvalue weighted by Crippen LogP contribution is 2.10. The summed E-state index contributed by atoms with van der Waals surface area (Å²) in [6, 6.07) is 0. The fraction of sp³-hybridized carbons (Fsp3) is 0.333. The molecule has 0 saturated carbocycles. The van der Waals surface area contributed by atoms with Crippen molar-refractivity contribution in [3.8, 4) is 0 Å². The highest BCUT2D eigenvalue weighted by Gasteiger charge is 2.05. The van der Waals surface area contributed by atoms with Crippen LogP contribution < -0.4 is 11.1 Å². The molecule has 2 rings (SSSR count). The number of carbonyl (C=O) groups excluding carboxylic acids is 1. The van der Waals surface area contributed by atoms with E-state index in [1.807, 2.05) is 0 Å². The van der Waals surface area contributed by atoms with Crippen molar-refractivity contribution in [1.82, 2.24) is 25.3 Å². The Bertz CT molecular complexity index is 479. The van der Waals surface area contributed by atoms with Gasteiger partial charge in [0, 0.05) is 18.1 Å². The smallest absolute Gasteiger partial charge is 0.226 e. The zero-order chi connectivity index (χ0) is 12.1. The molecule has 8 heteroatoms. The van der Waals surface area contributed by atoms with Gasteiger partial charge in [0.25, 0.3) is 0 Å². The Morgan fingerprint density at radius 2 is 2.47 bits per heavy atom. The topological polar surface area (TPSA) is 98.7 Å². The molecule has 0 aliphatic heterocycles. The van der Waals surface area contributed by atoms with Gasteiger partial charge in [-0.1, -0.05) is 5.21 Å². The Balaban J connectivity index is 1.71. The molecule has 0 fully saturated rings. The van der Waals surface area contributed by atoms with Crippen LogP contribution in [0, 0.1) is 0 Å². The summed E-state index contributed by atoms with van der Waals surface area (Å²) < 4.78 is 1.65. The van der Waals surface area contributed by atoms with Gasteiger partial charge in [-0.05, 0) is 0 Å². The van der Waals surface area contributed by atoms with Crippen molar-refractivity contribution in [2.45, 2.75) is 13.0 Å². The third kappa shape index (κ3) is 3.52. The molecule has 1 amide bonds. The van der Waals surface area contributed by atoms with E-state index in [-0.39, 0.29) is 12.3 Å². The third-order valence-electron chi connectivity index (χ3n) is 2.05. The minimum Gasteiger partial charge on any atom is -0.375 e. The van der Waals surface area contributed by atoms with Gasteiger partial charge in [-0.25, -0.2) is 4.98 Å². The number of nitrogens with zero attached hydrogens (tertiary/aromatic N) is 4. The largest absolute Gasteiger partial charge is 0.375 e. The predicted octanol–water partition coefficient (Wildman–Crippen LogP) is -0.324. The number of anilines is 1. The number of thiazole rings is 1. The average Bonchev–Trinajstić information content (AvgIpc) is 2.90. The SMILES string of the molecule is Nc1nc(CC(=O)NCCn2ccnn2)cs1. The fourth-order valence-corrected chi connectivity index (χ4v) is 1.86. The number of hydrogen-bond donors (Lipinski definition) is 2. The van der Waals surface area contributed by atoms with Gasteiger partial charge in [0.15, 0.2) is 5.13 Å². The molecule has 0 saturated heterocycles. The second kappa shape index (κ2) is 5.39. The summed E-state index contributed by atoms with van der Waals surface area (Å²) in [6.45, 7) is 1.12. The molecule has 0 atom stereocenters. The Morgan fingerprint density at radius 1 is 1.59 bits per heavy atom. The maximum atomic E-state index is 11.5. The molecule has 2 aromatic heterocycles. The van der Waals surface area contributed by atoms with E-state index in [1.54, 1.807) is 22.5 Å². The van der Waals surface area contributed by atoms with Crippen LogP contribution in [0.4, 0.5) is 5.13 Å². The number of nitrogens with two attached hydrogens (primary N) is 1. The van der Waals surface area contributed by atoms with Crippen molar-refractivity contribution in [3.05, 3.63) is 23.5 Å². The minimum atomic E-state index is -0.0737. The average molecular weight is 252 g/mol. The molecule has 0 spiro atoms. The van der Waals surface area contributed by atoms with Crippen molar-refractivity contribution >= 4 is 22.4 Å². The van der Waals surface area contributed by atoms with Crippen LogP contribution in [-0.2, 0) is 17.8 Å². The molecule has 0 bridgehead atoms. The van der Waals surface area contributed by atoms with Gasteiger partial charge in [0.1, 0.15) is 0 Å². The summed E-state index contributed by atoms with van der Waals surface area (Å²) in [5, 5.41) is 12.5. The van der Waals surface area contributed by atoms with Crippen LogP contribution in [0.3, 0.4) is 0 Å². The summed E-state index contributed by atoms with van der Waals surface area (Å²) in [5.41, 5.74) is 6.18. The van der Waals surface area contributed by atoms with E-state index in [0.29, 0.717) is 23.9 Å². The van der Waals surface area contributed by atoms with E-state index in [4.69, 9.17) is 5.73 Å². The van der Waals surface area contributed by atoms with Crippen molar-refractivity contribution in [2.75, 3.05) is 12.3 Å². The van der Waals surface area contributed by atoms with E-state index in [9.17, 15) is 4.79 Å². The van der Waals surface area contributed by atoms with Crippen molar-refractivity contribution in [2.24, 2.45) is 0 Å². The molecular formula is C9H12N6OS. The molecule has 0 aliphatic carbocycles. The summed E-state index contributed by atoms with van der Waals surface area (Å²) in [6.07, 6.45) is 3.60. The first-order valence-electron chi connectivity index (χ1n) is 5.05. The molecular weight excluding hydrogens is 240 g/mol. The second-order valence-electron chi connectivity index (χ2n) is 3.37. The molecule has 2 aromatic rings. The van der Waals surface area contributed by atoms with Crippen LogP contribution in [0.25, 0.3) is 0 Å². The van der Waals surface area contributed by atoms with Gasteiger partial charge in [-0.2, -0.15) is 0 Å². The van der Waals surface area contributed by atoms with Crippen LogP contribution in [0.2, 0.25) is 0 Å². The zero-order valence-electron chi connectivity index (χ0n) is 9.04. The number of amides is 1. The first-order chi connectivity index (χ1) is 8.24. The number of nitrogen functional groups attached to an aromatic ring is 1. The highest BCUT2D eigenvalue weighted by molar-refractivity contribution is 7.13. The van der Waals surface area contributed by atoms with Crippen LogP contribution in [-0.4, -0.2) is 32.4 Å². The van der Waals surface area contributed by atoms with Crippen molar-refractivity contribution < 1.29 is 4.79 Å². The van der Waals surface area contributed by atoms with Crippen LogP contribution >= 0.6 is 11.3 Å². The molecule has 0 aromatic carbocycles. The maximum Gasteiger partial charge on any atom is 0.226 e. The fourth-order valence-electron chi connectivity index (χ4n) is 1.29. The third-order valence-corrected chi connectivity index (χ3v) is 2.77. The Hall–Kier alpha value is -1.96. The van der Waals surface area contributed by atoms with Crippen LogP contribution in [0.15, 0.2) is 17.8 Å². The van der Waals surface area contributed by atoms with Gasteiger partial charge >= 0.3 is 0 Å². The van der Waals surface area contributed by atoms with E-state index in [0.717, 1.165) is 0 Å². The van der Waals surface area contributed by atoms with Gasteiger partial charge < -0.3 is 11.1 Å². The molecule has 2 heterocycles. The predicted molar refractivity (Wildman–Crippen MR) is 63.3 cm³/mol. The van der Waals surface area contributed by atoms with E-state index in [2.05, 4.69) is 20.6 Å². The summed E-state index contributed by atoms with van der Waals surface area (Å²) >= 11 is 1.33. The van der Waals surface area contributed by atoms with Gasteiger partial charge in [-0.15, -0.1) is 16.4 Å². The highest BCUT2D eigenvalue weighted by atomic mass is 32.1. The molecule has 0 unspecified atom stereocenters. The molecule has 3 N–H and O–H groups in total. The lowest BCUT2D eigenvalue weighted by Crippen LogP contribution is -2.28. The van der Waals surface area contributed by atoms with Crippen LogP contribution in [0.1, 0.15) is 5.69 Å². The quantitative estimate of drug-likeness (QED) is 0.759. The number of aromatic nitrogens is 4. The molecule has 17 heavy (non-hydrogen) atoms. The molecule has 0 radical (unpaired) electrons. The lowest BCUT2D eigenvalue weighted by atomic mass is 10.3. The van der Waals surface area contributed by atoms with Gasteiger partial charge in [0.2, 0.25) is 5.91 Å². The van der Waals surface area contributed by atoms with Crippen molar-refractivity contribution in [1.29, 1.82) is 0 Å². The lowest BCUT2D eigenvalue weighted by Gasteiger charge is -2.03. The van der Waals surface area contributed by atoms with Crippen LogP contribution in [0.5, 0.6) is 0 Å². The Kier molecular flexibility index (Phi) is 3.66. The van der Waals surface area contributed by atoms with Gasteiger partial charge in [0.05, 0.1) is 24.9 Å². The Morgan fingerprint density at radius 3 is 3.12 bits per heavy atom. The minimum absolute atomic E-state index is 0.0737. The molecule has 90 valence electrons. The number of hydrogen-bond acceptors (Lipinski definition) is 6. The van der Waals surface area contributed by atoms with Gasteiger partial charge in [-0.3, -0.25) is 9.48 Å². The van der Waals surface area contributed by atoms with Crippen molar-refractivity contribution in [3.63, 3.8) is 0 Å². The summed E-state index contributed by atoms with van der Waals surface area (Å²) in [5.74, 6) is -0.0737. The van der Waals surface area contributed by atoms with E-state index < -0.39 is 0 Å². The lowest BCUT2D eigenvalue weighted by molar-refractivity contribution is -0.120. The standard InChI is InChI=1S/C9H12N6OS/c10-9-13-7(6-17-9)5-8(16)11-1-3-15-4-2-12-14-15/h2,4,6H,1,3,5H2,(H2,10,13)(H,11,16). The monoisotopic (exact) mass is 252 g/mol. The first-order valence-corrected chi connectivity index (χ1v) is 5.92. The normalized spacial score (nSPS) is 10.4. The van der Waals surface area contributed by atoms with E-state index >= 15 is 0 Å². The molecule has 7 nitrogen and oxygen atoms in total.